The summed E-state index contributed by atoms with van der Waals surface area (Å²) in [6, 6.07) is 12.5. The first-order chi connectivity index (χ1) is 14.4. The highest BCUT2D eigenvalue weighted by atomic mass is 19.1. The number of rotatable bonds is 5. The smallest absolute Gasteiger partial charge is 0.324 e. The average molecular weight is 410 g/mol. The number of carboxylic acids is 1. The molecule has 1 heterocycles. The monoisotopic (exact) mass is 410 g/mol. The van der Waals surface area contributed by atoms with Gasteiger partial charge in [-0.3, -0.25) is 9.59 Å². The molecule has 0 bridgehead atoms. The van der Waals surface area contributed by atoms with Gasteiger partial charge in [-0.2, -0.15) is 0 Å². The summed E-state index contributed by atoms with van der Waals surface area (Å²) in [4.78, 5) is 38.5. The molecule has 1 fully saturated rings. The summed E-state index contributed by atoms with van der Waals surface area (Å²) in [5, 5.41) is 9.94. The van der Waals surface area contributed by atoms with Gasteiger partial charge in [-0.1, -0.05) is 36.8 Å². The highest BCUT2D eigenvalue weighted by Crippen LogP contribution is 2.53. The fourth-order valence-corrected chi connectivity index (χ4v) is 5.23. The van der Waals surface area contributed by atoms with E-state index < -0.39 is 29.2 Å². The van der Waals surface area contributed by atoms with E-state index in [0.717, 1.165) is 6.42 Å². The lowest BCUT2D eigenvalue weighted by Gasteiger charge is -2.48. The van der Waals surface area contributed by atoms with Crippen molar-refractivity contribution in [3.8, 4) is 0 Å². The van der Waals surface area contributed by atoms with Crippen molar-refractivity contribution in [3.63, 3.8) is 0 Å². The molecule has 4 rings (SSSR count). The summed E-state index contributed by atoms with van der Waals surface area (Å²) < 4.78 is 14.4. The molecule has 7 heteroatoms. The summed E-state index contributed by atoms with van der Waals surface area (Å²) >= 11 is 0. The molecule has 2 aliphatic rings. The first kappa shape index (κ1) is 20.2. The Hall–Kier alpha value is -3.06. The Kier molecular flexibility index (Phi) is 5.15. The van der Waals surface area contributed by atoms with Gasteiger partial charge in [0.25, 0.3) is 5.91 Å². The number of halogens is 1. The van der Waals surface area contributed by atoms with E-state index in [1.54, 1.807) is 35.2 Å². The lowest BCUT2D eigenvalue weighted by molar-refractivity contribution is -0.146. The lowest BCUT2D eigenvalue weighted by Crippen LogP contribution is -2.60. The second-order valence-electron chi connectivity index (χ2n) is 8.07. The quantitative estimate of drug-likeness (QED) is 0.738. The van der Waals surface area contributed by atoms with Crippen LogP contribution in [0.5, 0.6) is 0 Å². The summed E-state index contributed by atoms with van der Waals surface area (Å²) in [5.74, 6) is -3.17. The van der Waals surface area contributed by atoms with Crippen molar-refractivity contribution in [1.29, 1.82) is 0 Å². The fraction of sp³-hybridized carbons (Fsp3) is 0.348. The number of carbonyl (C=O) groups excluding carboxylic acids is 2. The van der Waals surface area contributed by atoms with Crippen LogP contribution < -0.4 is 10.6 Å². The molecular weight excluding hydrogens is 387 g/mol. The Balaban J connectivity index is 1.89. The zero-order valence-corrected chi connectivity index (χ0v) is 16.3. The Labute approximate surface area is 173 Å². The van der Waals surface area contributed by atoms with Crippen LogP contribution in [0.1, 0.15) is 47.5 Å². The second-order valence-corrected chi connectivity index (χ2v) is 8.07. The Morgan fingerprint density at radius 2 is 1.87 bits per heavy atom. The minimum absolute atomic E-state index is 0.0264. The van der Waals surface area contributed by atoms with Gasteiger partial charge in [-0.15, -0.1) is 0 Å². The number of carboxylic acid groups (broad SMARTS) is 1. The summed E-state index contributed by atoms with van der Waals surface area (Å²) in [6.45, 7) is 0. The van der Waals surface area contributed by atoms with Gasteiger partial charge >= 0.3 is 5.97 Å². The molecule has 1 amide bonds. The maximum absolute atomic E-state index is 14.4. The third-order valence-corrected chi connectivity index (χ3v) is 6.52. The van der Waals surface area contributed by atoms with E-state index in [1.807, 2.05) is 0 Å². The third kappa shape index (κ3) is 3.01. The number of hydrogen-bond donors (Lipinski definition) is 2. The van der Waals surface area contributed by atoms with Gasteiger partial charge in [0, 0.05) is 24.1 Å². The fourth-order valence-electron chi connectivity index (χ4n) is 5.23. The first-order valence-corrected chi connectivity index (χ1v) is 10.0. The molecule has 4 unspecified atom stereocenters. The lowest BCUT2D eigenvalue weighted by atomic mass is 9.66. The zero-order valence-electron chi connectivity index (χ0n) is 16.3. The molecule has 3 N–H and O–H groups in total. The molecule has 2 aromatic rings. The maximum atomic E-state index is 14.4. The molecule has 156 valence electrons. The van der Waals surface area contributed by atoms with E-state index in [4.69, 9.17) is 5.73 Å². The minimum Gasteiger partial charge on any atom is -0.480 e. The number of anilines is 1. The van der Waals surface area contributed by atoms with E-state index in [2.05, 4.69) is 0 Å². The summed E-state index contributed by atoms with van der Waals surface area (Å²) in [6.07, 6.45) is 2.34. The van der Waals surface area contributed by atoms with Gasteiger partial charge < -0.3 is 20.5 Å². The Bertz CT molecular complexity index is 1010. The van der Waals surface area contributed by atoms with Gasteiger partial charge in [0.2, 0.25) is 0 Å². The van der Waals surface area contributed by atoms with Crippen molar-refractivity contribution in [3.05, 3.63) is 65.5 Å². The SMILES string of the molecule is NC(CC=O)(C(=O)O)C1c2ccccc2N(C(=O)c2ccccc2F)C2CCCC21. The van der Waals surface area contributed by atoms with Crippen molar-refractivity contribution in [2.24, 2.45) is 11.7 Å². The summed E-state index contributed by atoms with van der Waals surface area (Å²) in [5.41, 5.74) is 5.69. The maximum Gasteiger partial charge on any atom is 0.324 e. The Morgan fingerprint density at radius 1 is 1.17 bits per heavy atom. The number of benzene rings is 2. The largest absolute Gasteiger partial charge is 0.480 e. The van der Waals surface area contributed by atoms with Crippen molar-refractivity contribution >= 4 is 23.9 Å². The third-order valence-electron chi connectivity index (χ3n) is 6.52. The number of nitrogens with zero attached hydrogens (tertiary/aromatic N) is 1. The zero-order chi connectivity index (χ0) is 21.5. The van der Waals surface area contributed by atoms with Crippen LogP contribution in [-0.4, -0.2) is 34.8 Å². The molecule has 30 heavy (non-hydrogen) atoms. The first-order valence-electron chi connectivity index (χ1n) is 10.0. The van der Waals surface area contributed by atoms with E-state index in [9.17, 15) is 23.9 Å². The van der Waals surface area contributed by atoms with Gasteiger partial charge in [0.05, 0.1) is 5.56 Å². The standard InChI is InChI=1S/C23H23FN2O4/c24-17-9-3-1-6-14(17)21(28)26-18-10-4-2-7-15(18)20(16-8-5-11-19(16)26)23(25,12-13-27)22(29)30/h1-4,6-7,9-10,13,16,19-20H,5,8,11-12,25H2,(H,29,30). The van der Waals surface area contributed by atoms with Crippen LogP contribution in [0.15, 0.2) is 48.5 Å². The molecule has 4 atom stereocenters. The van der Waals surface area contributed by atoms with Crippen molar-refractivity contribution in [2.45, 2.75) is 43.2 Å². The molecule has 0 aromatic heterocycles. The van der Waals surface area contributed by atoms with Gasteiger partial charge in [0.15, 0.2) is 0 Å². The number of nitrogens with two attached hydrogens (primary N) is 1. The molecule has 2 aromatic carbocycles. The Morgan fingerprint density at radius 3 is 2.57 bits per heavy atom. The van der Waals surface area contributed by atoms with Crippen LogP contribution >= 0.6 is 0 Å². The predicted molar refractivity (Wildman–Crippen MR) is 109 cm³/mol. The van der Waals surface area contributed by atoms with Crippen LogP contribution in [0.2, 0.25) is 0 Å². The molecule has 0 saturated heterocycles. The van der Waals surface area contributed by atoms with E-state index >= 15 is 0 Å². The molecule has 1 aliphatic carbocycles. The van der Waals surface area contributed by atoms with Crippen LogP contribution in [0.4, 0.5) is 10.1 Å². The number of hydrogen-bond acceptors (Lipinski definition) is 4. The van der Waals surface area contributed by atoms with Crippen LogP contribution in [-0.2, 0) is 9.59 Å². The van der Waals surface area contributed by atoms with Gasteiger partial charge in [-0.25, -0.2) is 4.39 Å². The number of para-hydroxylation sites is 1. The minimum atomic E-state index is -1.78. The van der Waals surface area contributed by atoms with Crippen LogP contribution in [0, 0.1) is 11.7 Å². The van der Waals surface area contributed by atoms with E-state index in [1.165, 1.54) is 18.2 Å². The molecule has 0 radical (unpaired) electrons. The number of aliphatic carboxylic acids is 1. The normalized spacial score (nSPS) is 24.5. The number of carbonyl (C=O) groups is 3. The number of fused-ring (bicyclic) bond motifs is 2. The van der Waals surface area contributed by atoms with Crippen molar-refractivity contribution in [1.82, 2.24) is 0 Å². The number of aldehydes is 1. The van der Waals surface area contributed by atoms with Crippen molar-refractivity contribution < 1.29 is 23.9 Å². The molecule has 1 aliphatic heterocycles. The van der Waals surface area contributed by atoms with E-state index in [0.29, 0.717) is 30.4 Å². The molecule has 1 saturated carbocycles. The van der Waals surface area contributed by atoms with Gasteiger partial charge in [-0.05, 0) is 42.5 Å². The average Bonchev–Trinajstić information content (AvgIpc) is 3.20. The number of amides is 1. The topological polar surface area (TPSA) is 101 Å². The molecular formula is C23H23FN2O4. The second kappa shape index (κ2) is 7.65. The highest BCUT2D eigenvalue weighted by molar-refractivity contribution is 6.07. The van der Waals surface area contributed by atoms with Gasteiger partial charge in [0.1, 0.15) is 17.6 Å². The van der Waals surface area contributed by atoms with Crippen LogP contribution in [0.25, 0.3) is 0 Å². The highest BCUT2D eigenvalue weighted by Gasteiger charge is 2.55. The van der Waals surface area contributed by atoms with Crippen LogP contribution in [0.3, 0.4) is 0 Å². The van der Waals surface area contributed by atoms with Crippen molar-refractivity contribution in [2.75, 3.05) is 4.90 Å². The molecule has 0 spiro atoms. The predicted octanol–water partition coefficient (Wildman–Crippen LogP) is 3.11. The summed E-state index contributed by atoms with van der Waals surface area (Å²) in [7, 11) is 0. The molecule has 6 nitrogen and oxygen atoms in total. The van der Waals surface area contributed by atoms with E-state index in [-0.39, 0.29) is 23.9 Å².